The molecule has 1 fully saturated rings. The molecule has 1 aliphatic heterocycles. The number of aliphatic hydroxyl groups is 1. The molecular weight excluding hydrogens is 436 g/mol. The van der Waals surface area contributed by atoms with E-state index in [9.17, 15) is 23.5 Å². The summed E-state index contributed by atoms with van der Waals surface area (Å²) in [5, 5.41) is 13.0. The van der Waals surface area contributed by atoms with Crippen molar-refractivity contribution in [1.29, 1.82) is 0 Å². The van der Waals surface area contributed by atoms with Gasteiger partial charge in [-0.15, -0.1) is 11.3 Å². The molecule has 1 atom stereocenters. The molecule has 1 N–H and O–H groups in total. The van der Waals surface area contributed by atoms with E-state index in [-0.39, 0.29) is 16.8 Å². The third kappa shape index (κ3) is 3.46. The maximum atomic E-state index is 14.7. The van der Waals surface area contributed by atoms with Gasteiger partial charge in [0.2, 0.25) is 0 Å². The Balaban J connectivity index is 2.00. The highest BCUT2D eigenvalue weighted by molar-refractivity contribution is 7.10. The number of ether oxygens (including phenoxy) is 1. The maximum absolute atomic E-state index is 14.7. The first-order chi connectivity index (χ1) is 15.2. The largest absolute Gasteiger partial charge is 0.507 e. The Hall–Kier alpha value is -3.52. The van der Waals surface area contributed by atoms with Crippen LogP contribution in [0, 0.1) is 25.5 Å². The Morgan fingerprint density at radius 2 is 1.88 bits per heavy atom. The summed E-state index contributed by atoms with van der Waals surface area (Å²) in [5.74, 6) is -3.84. The van der Waals surface area contributed by atoms with Gasteiger partial charge in [-0.25, -0.2) is 8.78 Å². The molecule has 5 nitrogen and oxygen atoms in total. The number of hydrogen-bond acceptors (Lipinski definition) is 5. The van der Waals surface area contributed by atoms with E-state index in [1.807, 2.05) is 13.0 Å². The second-order valence-electron chi connectivity index (χ2n) is 7.44. The van der Waals surface area contributed by atoms with E-state index in [4.69, 9.17) is 4.74 Å². The molecule has 0 bridgehead atoms. The Morgan fingerprint density at radius 3 is 2.50 bits per heavy atom. The molecule has 2 aromatic carbocycles. The highest BCUT2D eigenvalue weighted by Crippen LogP contribution is 2.45. The number of rotatable bonds is 4. The van der Waals surface area contributed by atoms with Crippen LogP contribution in [0.2, 0.25) is 0 Å². The first-order valence-corrected chi connectivity index (χ1v) is 10.6. The van der Waals surface area contributed by atoms with E-state index in [2.05, 4.69) is 0 Å². The van der Waals surface area contributed by atoms with Crippen molar-refractivity contribution in [1.82, 2.24) is 0 Å². The van der Waals surface area contributed by atoms with Crippen molar-refractivity contribution < 1.29 is 28.2 Å². The highest BCUT2D eigenvalue weighted by Gasteiger charge is 2.48. The highest BCUT2D eigenvalue weighted by atomic mass is 32.1. The Morgan fingerprint density at radius 1 is 1.12 bits per heavy atom. The Labute approximate surface area is 187 Å². The Bertz CT molecular complexity index is 1270. The molecule has 3 aromatic rings. The molecule has 0 spiro atoms. The molecule has 0 radical (unpaired) electrons. The number of methoxy groups -OCH3 is 1. The summed E-state index contributed by atoms with van der Waals surface area (Å²) in [5.41, 5.74) is 1.36. The quantitative estimate of drug-likeness (QED) is 0.330. The van der Waals surface area contributed by atoms with Crippen LogP contribution in [0.5, 0.6) is 5.75 Å². The minimum Gasteiger partial charge on any atom is -0.507 e. The maximum Gasteiger partial charge on any atom is 0.300 e. The lowest BCUT2D eigenvalue weighted by Crippen LogP contribution is -2.30. The number of carbonyl (C=O) groups is 2. The number of amides is 1. The average Bonchev–Trinajstić information content (AvgIpc) is 3.35. The van der Waals surface area contributed by atoms with Crippen molar-refractivity contribution in [2.24, 2.45) is 0 Å². The van der Waals surface area contributed by atoms with Crippen LogP contribution in [0.25, 0.3) is 5.76 Å². The van der Waals surface area contributed by atoms with Gasteiger partial charge < -0.3 is 9.84 Å². The number of ketones is 1. The summed E-state index contributed by atoms with van der Waals surface area (Å²) >= 11 is 1.25. The van der Waals surface area contributed by atoms with Crippen LogP contribution in [0.4, 0.5) is 14.5 Å². The molecule has 1 amide bonds. The smallest absolute Gasteiger partial charge is 0.300 e. The molecule has 164 valence electrons. The average molecular weight is 455 g/mol. The van der Waals surface area contributed by atoms with Crippen molar-refractivity contribution >= 4 is 34.5 Å². The van der Waals surface area contributed by atoms with Crippen molar-refractivity contribution in [2.75, 3.05) is 12.0 Å². The summed E-state index contributed by atoms with van der Waals surface area (Å²) in [6.07, 6.45) is 0. The number of Topliss-reactive ketones (excluding diaryl/α,β-unsaturated/α-hetero) is 1. The van der Waals surface area contributed by atoms with E-state index in [1.165, 1.54) is 18.4 Å². The number of halogens is 2. The number of hydrogen-bond donors (Lipinski definition) is 1. The standard InChI is InChI=1S/C24H19F2NO4S/c1-12-9-13(2)23(31-3)15(10-12)21(28)19-20(18-5-4-8-32-18)27(24(30)22(19)29)17-7-6-14(25)11-16(17)26/h4-11,20,28H,1-3H3/b21-19-. The van der Waals surface area contributed by atoms with E-state index in [0.29, 0.717) is 16.7 Å². The van der Waals surface area contributed by atoms with Crippen LogP contribution < -0.4 is 9.64 Å². The van der Waals surface area contributed by atoms with Gasteiger partial charge in [0.1, 0.15) is 29.2 Å². The topological polar surface area (TPSA) is 66.8 Å². The van der Waals surface area contributed by atoms with Crippen LogP contribution in [0.1, 0.15) is 27.6 Å². The zero-order chi connectivity index (χ0) is 23.2. The van der Waals surface area contributed by atoms with Gasteiger partial charge in [-0.1, -0.05) is 12.1 Å². The molecule has 1 aliphatic rings. The van der Waals surface area contributed by atoms with Gasteiger partial charge in [0.25, 0.3) is 11.7 Å². The van der Waals surface area contributed by atoms with E-state index < -0.39 is 35.1 Å². The summed E-state index contributed by atoms with van der Waals surface area (Å²) in [7, 11) is 1.44. The fourth-order valence-corrected chi connectivity index (χ4v) is 4.84. The van der Waals surface area contributed by atoms with Gasteiger partial charge in [0, 0.05) is 10.9 Å². The SMILES string of the molecule is COc1c(C)cc(C)cc1/C(O)=C1/C(=O)C(=O)N(c2ccc(F)cc2F)C1c1cccs1. The third-order valence-electron chi connectivity index (χ3n) is 5.30. The normalized spacial score (nSPS) is 17.8. The summed E-state index contributed by atoms with van der Waals surface area (Å²) < 4.78 is 33.6. The van der Waals surface area contributed by atoms with E-state index in [0.717, 1.165) is 28.2 Å². The molecule has 8 heteroatoms. The van der Waals surface area contributed by atoms with E-state index in [1.54, 1.807) is 30.5 Å². The van der Waals surface area contributed by atoms with Gasteiger partial charge in [0.15, 0.2) is 0 Å². The van der Waals surface area contributed by atoms with Crippen LogP contribution in [0.15, 0.2) is 53.4 Å². The zero-order valence-electron chi connectivity index (χ0n) is 17.5. The first-order valence-electron chi connectivity index (χ1n) is 9.69. The van der Waals surface area contributed by atoms with Crippen molar-refractivity contribution in [2.45, 2.75) is 19.9 Å². The fraction of sp³-hybridized carbons (Fsp3) is 0.167. The van der Waals surface area contributed by atoms with E-state index >= 15 is 0 Å². The molecule has 0 aliphatic carbocycles. The minimum atomic E-state index is -1.08. The molecule has 1 aromatic heterocycles. The lowest BCUT2D eigenvalue weighted by molar-refractivity contribution is -0.132. The second kappa shape index (κ2) is 8.20. The minimum absolute atomic E-state index is 0.190. The van der Waals surface area contributed by atoms with Crippen LogP contribution in [-0.4, -0.2) is 23.9 Å². The fourth-order valence-electron chi connectivity index (χ4n) is 4.02. The first kappa shape index (κ1) is 21.7. The number of aliphatic hydroxyl groups excluding tert-OH is 1. The van der Waals surface area contributed by atoms with Crippen LogP contribution >= 0.6 is 11.3 Å². The predicted molar refractivity (Wildman–Crippen MR) is 118 cm³/mol. The van der Waals surface area contributed by atoms with Crippen LogP contribution in [-0.2, 0) is 9.59 Å². The molecule has 1 unspecified atom stereocenters. The van der Waals surface area contributed by atoms with Crippen molar-refractivity contribution in [3.05, 3.63) is 86.6 Å². The lowest BCUT2D eigenvalue weighted by Gasteiger charge is -2.24. The Kier molecular flexibility index (Phi) is 5.56. The summed E-state index contributed by atoms with van der Waals surface area (Å²) in [6.45, 7) is 3.62. The van der Waals surface area contributed by atoms with Gasteiger partial charge in [-0.2, -0.15) is 0 Å². The third-order valence-corrected chi connectivity index (χ3v) is 6.23. The molecule has 32 heavy (non-hydrogen) atoms. The summed E-state index contributed by atoms with van der Waals surface area (Å²) in [6, 6.07) is 8.59. The van der Waals surface area contributed by atoms with Gasteiger partial charge in [-0.05, 0) is 54.6 Å². The molecule has 0 saturated carbocycles. The molecular formula is C24H19F2NO4S. The summed E-state index contributed by atoms with van der Waals surface area (Å²) in [4.78, 5) is 27.6. The second-order valence-corrected chi connectivity index (χ2v) is 8.42. The number of benzene rings is 2. The molecule has 2 heterocycles. The van der Waals surface area contributed by atoms with Crippen molar-refractivity contribution in [3.63, 3.8) is 0 Å². The zero-order valence-corrected chi connectivity index (χ0v) is 18.3. The number of nitrogens with zero attached hydrogens (tertiary/aromatic N) is 1. The van der Waals surface area contributed by atoms with Gasteiger partial charge >= 0.3 is 0 Å². The van der Waals surface area contributed by atoms with Gasteiger partial charge in [-0.3, -0.25) is 14.5 Å². The monoisotopic (exact) mass is 455 g/mol. The molecule has 4 rings (SSSR count). The number of thiophene rings is 1. The predicted octanol–water partition coefficient (Wildman–Crippen LogP) is 5.28. The number of anilines is 1. The number of aryl methyl sites for hydroxylation is 2. The number of carbonyl (C=O) groups excluding carboxylic acids is 2. The van der Waals surface area contributed by atoms with Crippen molar-refractivity contribution in [3.8, 4) is 5.75 Å². The van der Waals surface area contributed by atoms with Gasteiger partial charge in [0.05, 0.1) is 23.9 Å². The molecule has 1 saturated heterocycles. The van der Waals surface area contributed by atoms with Crippen LogP contribution in [0.3, 0.4) is 0 Å². The lowest BCUT2D eigenvalue weighted by atomic mass is 9.96.